The lowest BCUT2D eigenvalue weighted by Gasteiger charge is -2.12. The van der Waals surface area contributed by atoms with E-state index >= 15 is 0 Å². The highest BCUT2D eigenvalue weighted by molar-refractivity contribution is 7.91. The summed E-state index contributed by atoms with van der Waals surface area (Å²) in [6.07, 6.45) is 3.89. The SMILES string of the molecule is CCCNC(C)CCCCS(=O)(=O)CCOC. The summed E-state index contributed by atoms with van der Waals surface area (Å²) >= 11 is 0. The minimum atomic E-state index is -2.90. The number of methoxy groups -OCH3 is 1. The van der Waals surface area contributed by atoms with Crippen LogP contribution in [0.25, 0.3) is 0 Å². The molecule has 0 saturated heterocycles. The number of sulfone groups is 1. The van der Waals surface area contributed by atoms with E-state index in [1.165, 1.54) is 7.11 Å². The summed E-state index contributed by atoms with van der Waals surface area (Å²) < 4.78 is 27.8. The maximum absolute atomic E-state index is 11.5. The van der Waals surface area contributed by atoms with Gasteiger partial charge in [0, 0.05) is 13.2 Å². The molecule has 17 heavy (non-hydrogen) atoms. The fourth-order valence-electron chi connectivity index (χ4n) is 1.58. The molecule has 0 aromatic heterocycles. The summed E-state index contributed by atoms with van der Waals surface area (Å²) in [5.74, 6) is 0.435. The molecule has 104 valence electrons. The largest absolute Gasteiger partial charge is 0.384 e. The Morgan fingerprint density at radius 3 is 2.53 bits per heavy atom. The summed E-state index contributed by atoms with van der Waals surface area (Å²) in [6, 6.07) is 0.483. The monoisotopic (exact) mass is 265 g/mol. The van der Waals surface area contributed by atoms with Crippen LogP contribution in [0.2, 0.25) is 0 Å². The van der Waals surface area contributed by atoms with Gasteiger partial charge in [-0.15, -0.1) is 0 Å². The third kappa shape index (κ3) is 10.7. The first-order valence-corrected chi connectivity index (χ1v) is 8.26. The molecule has 0 amide bonds. The van der Waals surface area contributed by atoms with E-state index in [4.69, 9.17) is 4.74 Å². The van der Waals surface area contributed by atoms with E-state index in [1.54, 1.807) is 0 Å². The Balaban J connectivity index is 3.56. The molecule has 1 N–H and O–H groups in total. The quantitative estimate of drug-likeness (QED) is 0.577. The highest BCUT2D eigenvalue weighted by Gasteiger charge is 2.10. The first-order chi connectivity index (χ1) is 8.02. The third-order valence-corrected chi connectivity index (χ3v) is 4.38. The zero-order valence-corrected chi connectivity index (χ0v) is 12.2. The van der Waals surface area contributed by atoms with Crippen molar-refractivity contribution in [3.05, 3.63) is 0 Å². The van der Waals surface area contributed by atoms with Crippen molar-refractivity contribution in [1.29, 1.82) is 0 Å². The maximum atomic E-state index is 11.5. The van der Waals surface area contributed by atoms with Gasteiger partial charge < -0.3 is 10.1 Å². The lowest BCUT2D eigenvalue weighted by Crippen LogP contribution is -2.26. The highest BCUT2D eigenvalue weighted by Crippen LogP contribution is 2.04. The van der Waals surface area contributed by atoms with E-state index in [9.17, 15) is 8.42 Å². The van der Waals surface area contributed by atoms with Crippen molar-refractivity contribution < 1.29 is 13.2 Å². The number of hydrogen-bond donors (Lipinski definition) is 1. The highest BCUT2D eigenvalue weighted by atomic mass is 32.2. The molecule has 0 spiro atoms. The zero-order chi connectivity index (χ0) is 13.1. The Bertz CT molecular complexity index is 265. The molecule has 0 aliphatic rings. The second-order valence-electron chi connectivity index (χ2n) is 4.50. The average Bonchev–Trinajstić information content (AvgIpc) is 2.29. The Labute approximate surface area is 106 Å². The van der Waals surface area contributed by atoms with Gasteiger partial charge in [0.15, 0.2) is 9.84 Å². The third-order valence-electron chi connectivity index (χ3n) is 2.68. The van der Waals surface area contributed by atoms with Crippen LogP contribution in [0.4, 0.5) is 0 Å². The number of ether oxygens (including phenoxy) is 1. The topological polar surface area (TPSA) is 55.4 Å². The van der Waals surface area contributed by atoms with Gasteiger partial charge in [0.25, 0.3) is 0 Å². The molecule has 0 radical (unpaired) electrons. The number of rotatable bonds is 11. The normalized spacial score (nSPS) is 13.8. The molecule has 1 atom stereocenters. The predicted octanol–water partition coefficient (Wildman–Crippen LogP) is 1.61. The van der Waals surface area contributed by atoms with Gasteiger partial charge in [-0.25, -0.2) is 8.42 Å². The van der Waals surface area contributed by atoms with Crippen molar-refractivity contribution >= 4 is 9.84 Å². The molecule has 0 aliphatic heterocycles. The lowest BCUT2D eigenvalue weighted by molar-refractivity contribution is 0.217. The fourth-order valence-corrected chi connectivity index (χ4v) is 2.85. The number of unbranched alkanes of at least 4 members (excludes halogenated alkanes) is 1. The van der Waals surface area contributed by atoms with Crippen molar-refractivity contribution in [1.82, 2.24) is 5.32 Å². The maximum Gasteiger partial charge on any atom is 0.152 e. The van der Waals surface area contributed by atoms with Gasteiger partial charge in [-0.3, -0.25) is 0 Å². The van der Waals surface area contributed by atoms with E-state index in [0.717, 1.165) is 32.2 Å². The Kier molecular flexibility index (Phi) is 9.78. The van der Waals surface area contributed by atoms with Gasteiger partial charge in [-0.2, -0.15) is 0 Å². The second kappa shape index (κ2) is 9.85. The molecular weight excluding hydrogens is 238 g/mol. The van der Waals surface area contributed by atoms with Crippen molar-refractivity contribution in [2.45, 2.75) is 45.6 Å². The van der Waals surface area contributed by atoms with Crippen molar-refractivity contribution in [2.24, 2.45) is 0 Å². The van der Waals surface area contributed by atoms with E-state index in [2.05, 4.69) is 19.2 Å². The molecule has 0 heterocycles. The van der Waals surface area contributed by atoms with Crippen molar-refractivity contribution in [3.8, 4) is 0 Å². The van der Waals surface area contributed by atoms with E-state index in [0.29, 0.717) is 12.6 Å². The van der Waals surface area contributed by atoms with Gasteiger partial charge in [0.05, 0.1) is 18.1 Å². The predicted molar refractivity (Wildman–Crippen MR) is 72.1 cm³/mol. The summed E-state index contributed by atoms with van der Waals surface area (Å²) in [7, 11) is -1.38. The number of nitrogens with one attached hydrogen (secondary N) is 1. The lowest BCUT2D eigenvalue weighted by atomic mass is 10.1. The molecule has 0 bridgehead atoms. The Hall–Kier alpha value is -0.130. The van der Waals surface area contributed by atoms with Crippen LogP contribution in [-0.4, -0.2) is 46.2 Å². The Morgan fingerprint density at radius 1 is 1.24 bits per heavy atom. The minimum Gasteiger partial charge on any atom is -0.384 e. The van der Waals surface area contributed by atoms with Gasteiger partial charge in [0.1, 0.15) is 0 Å². The van der Waals surface area contributed by atoms with E-state index < -0.39 is 9.84 Å². The second-order valence-corrected chi connectivity index (χ2v) is 6.80. The molecule has 4 nitrogen and oxygen atoms in total. The van der Waals surface area contributed by atoms with Gasteiger partial charge in [-0.05, 0) is 32.7 Å². The van der Waals surface area contributed by atoms with Crippen molar-refractivity contribution in [3.63, 3.8) is 0 Å². The first-order valence-electron chi connectivity index (χ1n) is 6.44. The van der Waals surface area contributed by atoms with Crippen molar-refractivity contribution in [2.75, 3.05) is 31.8 Å². The average molecular weight is 265 g/mol. The van der Waals surface area contributed by atoms with Crippen LogP contribution in [0.15, 0.2) is 0 Å². The minimum absolute atomic E-state index is 0.146. The molecule has 5 heteroatoms. The smallest absolute Gasteiger partial charge is 0.152 e. The standard InChI is InChI=1S/C12H27NO3S/c1-4-8-13-12(2)7-5-6-10-17(14,15)11-9-16-3/h12-13H,4-11H2,1-3H3. The number of hydrogen-bond acceptors (Lipinski definition) is 4. The van der Waals surface area contributed by atoms with Gasteiger partial charge in [0.2, 0.25) is 0 Å². The van der Waals surface area contributed by atoms with Crippen LogP contribution >= 0.6 is 0 Å². The summed E-state index contributed by atoms with van der Waals surface area (Å²) in [6.45, 7) is 5.63. The first kappa shape index (κ1) is 16.9. The summed E-state index contributed by atoms with van der Waals surface area (Å²) in [5, 5.41) is 3.39. The van der Waals surface area contributed by atoms with Gasteiger partial charge in [-0.1, -0.05) is 13.3 Å². The molecule has 0 saturated carbocycles. The summed E-state index contributed by atoms with van der Waals surface area (Å²) in [4.78, 5) is 0. The molecule has 0 aromatic rings. The zero-order valence-electron chi connectivity index (χ0n) is 11.4. The molecule has 0 fully saturated rings. The molecule has 0 aliphatic carbocycles. The van der Waals surface area contributed by atoms with Crippen LogP contribution in [-0.2, 0) is 14.6 Å². The molecule has 0 rings (SSSR count). The van der Waals surface area contributed by atoms with Gasteiger partial charge >= 0.3 is 0 Å². The van der Waals surface area contributed by atoms with Crippen LogP contribution in [0.3, 0.4) is 0 Å². The molecular formula is C12H27NO3S. The van der Waals surface area contributed by atoms with Crippen LogP contribution in [0, 0.1) is 0 Å². The van der Waals surface area contributed by atoms with E-state index in [-0.39, 0.29) is 11.5 Å². The van der Waals surface area contributed by atoms with E-state index in [1.807, 2.05) is 0 Å². The molecule has 1 unspecified atom stereocenters. The Morgan fingerprint density at radius 2 is 1.94 bits per heavy atom. The van der Waals surface area contributed by atoms with Crippen LogP contribution < -0.4 is 5.32 Å². The summed E-state index contributed by atoms with van der Waals surface area (Å²) in [5.41, 5.74) is 0. The molecule has 0 aromatic carbocycles. The van der Waals surface area contributed by atoms with Crippen LogP contribution in [0.5, 0.6) is 0 Å². The van der Waals surface area contributed by atoms with Crippen LogP contribution in [0.1, 0.15) is 39.5 Å². The fraction of sp³-hybridized carbons (Fsp3) is 1.00.